The topological polar surface area (TPSA) is 165 Å². The van der Waals surface area contributed by atoms with E-state index >= 15 is 0 Å². The van der Waals surface area contributed by atoms with Gasteiger partial charge in [0.1, 0.15) is 12.0 Å². The second-order valence-corrected chi connectivity index (χ2v) is 9.82. The van der Waals surface area contributed by atoms with Crippen LogP contribution in [0.25, 0.3) is 0 Å². The van der Waals surface area contributed by atoms with E-state index in [1.54, 1.807) is 36.2 Å². The summed E-state index contributed by atoms with van der Waals surface area (Å²) in [5.41, 5.74) is 0.480. The molecule has 27 heavy (non-hydrogen) atoms. The van der Waals surface area contributed by atoms with Crippen molar-refractivity contribution in [3.05, 3.63) is 29.8 Å². The normalized spacial score (nSPS) is 12.6. The van der Waals surface area contributed by atoms with Gasteiger partial charge in [0.05, 0.1) is 6.61 Å². The molecule has 0 heterocycles. The molecule has 5 N–H and O–H groups in total. The predicted molar refractivity (Wildman–Crippen MR) is 93.1 cm³/mol. The fourth-order valence-corrected chi connectivity index (χ4v) is 4.26. The number of carbonyl (C=O) groups excluding carboxylic acids is 1. The summed E-state index contributed by atoms with van der Waals surface area (Å²) >= 11 is 0. The zero-order valence-corrected chi connectivity index (χ0v) is 18.9. The molecule has 0 aliphatic rings. The Labute approximate surface area is 179 Å². The van der Waals surface area contributed by atoms with Gasteiger partial charge in [0.2, 0.25) is 0 Å². The van der Waals surface area contributed by atoms with Gasteiger partial charge in [-0.3, -0.25) is 13.9 Å². The molecule has 0 aliphatic carbocycles. The first kappa shape index (κ1) is 26.9. The maximum Gasteiger partial charge on any atom is 1.00 e. The van der Waals surface area contributed by atoms with E-state index in [2.05, 4.69) is 0 Å². The Morgan fingerprint density at radius 3 is 2.26 bits per heavy atom. The van der Waals surface area contributed by atoms with Crippen LogP contribution in [0.4, 0.5) is 0 Å². The summed E-state index contributed by atoms with van der Waals surface area (Å²) in [7, 11) is -9.29. The van der Waals surface area contributed by atoms with Gasteiger partial charge in [-0.2, -0.15) is 0 Å². The molecule has 0 bridgehead atoms. The zero-order chi connectivity index (χ0) is 20.0. The zero-order valence-electron chi connectivity index (χ0n) is 15.1. The van der Waals surface area contributed by atoms with Gasteiger partial charge in [-0.1, -0.05) is 12.1 Å². The molecule has 1 rings (SSSR count). The van der Waals surface area contributed by atoms with Crippen LogP contribution in [-0.4, -0.2) is 67.7 Å². The third-order valence-corrected chi connectivity index (χ3v) is 7.59. The first-order valence-electron chi connectivity index (χ1n) is 7.61. The van der Waals surface area contributed by atoms with E-state index in [9.17, 15) is 19.0 Å². The predicted octanol–water partition coefficient (Wildman–Crippen LogP) is -2.40. The van der Waals surface area contributed by atoms with Crippen LogP contribution in [0.15, 0.2) is 24.3 Å². The van der Waals surface area contributed by atoms with Crippen LogP contribution in [0.5, 0.6) is 5.75 Å². The minimum absolute atomic E-state index is 0. The molecule has 0 atom stereocenters. The van der Waals surface area contributed by atoms with Gasteiger partial charge in [0, 0.05) is 25.1 Å². The van der Waals surface area contributed by atoms with Crippen molar-refractivity contribution in [2.24, 2.45) is 0 Å². The Bertz CT molecular complexity index is 684. The van der Waals surface area contributed by atoms with E-state index in [1.807, 2.05) is 0 Å². The quantitative estimate of drug-likeness (QED) is 0.110. The van der Waals surface area contributed by atoms with Crippen LogP contribution in [0.3, 0.4) is 0 Å². The van der Waals surface area contributed by atoms with E-state index in [0.29, 0.717) is 37.2 Å². The van der Waals surface area contributed by atoms with Gasteiger partial charge < -0.3 is 34.3 Å². The molecule has 0 radical (unpaired) electrons. The molecule has 0 aliphatic heterocycles. The Morgan fingerprint density at radius 2 is 1.74 bits per heavy atom. The van der Waals surface area contributed by atoms with E-state index in [1.165, 1.54) is 0 Å². The van der Waals surface area contributed by atoms with Crippen molar-refractivity contribution < 1.29 is 72.9 Å². The number of hydrogen-bond acceptors (Lipinski definition) is 6. The Kier molecular flexibility index (Phi) is 11.1. The second kappa shape index (κ2) is 11.2. The molecule has 0 fully saturated rings. The molecule has 0 aromatic heterocycles. The van der Waals surface area contributed by atoms with E-state index < -0.39 is 26.7 Å². The molecule has 0 saturated heterocycles. The number of hydrogen-bond donors (Lipinski definition) is 5. The van der Waals surface area contributed by atoms with E-state index in [4.69, 9.17) is 24.3 Å². The first-order chi connectivity index (χ1) is 11.9. The number of benzene rings is 1. The largest absolute Gasteiger partial charge is 1.00 e. The van der Waals surface area contributed by atoms with Crippen LogP contribution < -0.4 is 34.3 Å². The molecule has 0 amide bonds. The van der Waals surface area contributed by atoms with Crippen LogP contribution in [0.2, 0.25) is 0 Å². The van der Waals surface area contributed by atoms with Gasteiger partial charge in [0.25, 0.3) is 5.08 Å². The summed E-state index contributed by atoms with van der Waals surface area (Å²) < 4.78 is 28.0. The minimum atomic E-state index is -5.43. The van der Waals surface area contributed by atoms with Crippen LogP contribution in [0.1, 0.15) is 23.2 Å². The average Bonchev–Trinajstić information content (AvgIpc) is 2.54. The molecule has 10 nitrogen and oxygen atoms in total. The van der Waals surface area contributed by atoms with Crippen molar-refractivity contribution in [2.75, 3.05) is 26.7 Å². The van der Waals surface area contributed by atoms with Crippen molar-refractivity contribution in [1.29, 1.82) is 0 Å². The number of aldehydes is 1. The SMILES string of the molecule is CN(CCCOc1cccc(C=O)c1)CCC(O)(P(=O)(O)O)P(=O)(O)O.[Na+]. The van der Waals surface area contributed by atoms with Crippen molar-refractivity contribution >= 4 is 21.5 Å². The van der Waals surface area contributed by atoms with Gasteiger partial charge in [-0.05, 0) is 25.6 Å². The molecule has 148 valence electrons. The Hall–Kier alpha value is -0.0900. The van der Waals surface area contributed by atoms with Gasteiger partial charge in [0.15, 0.2) is 0 Å². The summed E-state index contributed by atoms with van der Waals surface area (Å²) in [6.45, 7) is 0.549. The maximum absolute atomic E-state index is 11.3. The number of nitrogens with zero attached hydrogens (tertiary/aromatic N) is 1. The third kappa shape index (κ3) is 8.04. The number of rotatable bonds is 11. The maximum atomic E-state index is 11.3. The second-order valence-electron chi connectivity index (χ2n) is 5.81. The summed E-state index contributed by atoms with van der Waals surface area (Å²) in [5, 5.41) is 6.39. The summed E-state index contributed by atoms with van der Waals surface area (Å²) in [4.78, 5) is 48.5. The molecule has 1 aromatic rings. The van der Waals surface area contributed by atoms with Crippen molar-refractivity contribution in [2.45, 2.75) is 17.9 Å². The van der Waals surface area contributed by atoms with E-state index in [-0.39, 0.29) is 36.1 Å². The van der Waals surface area contributed by atoms with Crippen LogP contribution >= 0.6 is 15.2 Å². The van der Waals surface area contributed by atoms with Crippen molar-refractivity contribution in [3.8, 4) is 5.75 Å². The van der Waals surface area contributed by atoms with Gasteiger partial charge in [-0.25, -0.2) is 0 Å². The van der Waals surface area contributed by atoms with Gasteiger partial charge >= 0.3 is 44.7 Å². The molecular formula is C14H23NNaO9P2+. The molecule has 0 spiro atoms. The van der Waals surface area contributed by atoms with Gasteiger partial charge in [-0.15, -0.1) is 0 Å². The van der Waals surface area contributed by atoms with Crippen LogP contribution in [0, 0.1) is 0 Å². The average molecular weight is 434 g/mol. The smallest absolute Gasteiger partial charge is 0.494 e. The fraction of sp³-hybridized carbons (Fsp3) is 0.500. The number of carbonyl (C=O) groups is 1. The fourth-order valence-electron chi connectivity index (χ4n) is 2.12. The minimum Gasteiger partial charge on any atom is -0.494 e. The van der Waals surface area contributed by atoms with Crippen molar-refractivity contribution in [1.82, 2.24) is 4.90 Å². The monoisotopic (exact) mass is 434 g/mol. The summed E-state index contributed by atoms with van der Waals surface area (Å²) in [6, 6.07) is 6.58. The molecule has 13 heteroatoms. The number of aliphatic hydroxyl groups is 1. The first-order valence-corrected chi connectivity index (χ1v) is 10.8. The summed E-state index contributed by atoms with van der Waals surface area (Å²) in [6.07, 6.45) is 0.413. The summed E-state index contributed by atoms with van der Waals surface area (Å²) in [5.74, 6) is 0.523. The Morgan fingerprint density at radius 1 is 1.15 bits per heavy atom. The molecule has 1 aromatic carbocycles. The molecule has 0 saturated carbocycles. The third-order valence-electron chi connectivity index (χ3n) is 3.71. The number of ether oxygens (including phenoxy) is 1. The Balaban J connectivity index is 0.00000676. The van der Waals surface area contributed by atoms with E-state index in [0.717, 1.165) is 0 Å². The molecule has 0 unspecified atom stereocenters. The molecular weight excluding hydrogens is 411 g/mol. The van der Waals surface area contributed by atoms with Crippen LogP contribution in [-0.2, 0) is 9.13 Å². The standard InChI is InChI=1S/C14H23NO9P2.Na/c1-15(8-6-14(17,25(18,19)20)26(21,22)23)7-3-9-24-13-5-2-4-12(10-13)11-16;/h2,4-5,10-11,17H,3,6-9H2,1H3,(H2,18,19,20)(H2,21,22,23);/q;+1. The van der Waals surface area contributed by atoms with Crippen molar-refractivity contribution in [3.63, 3.8) is 0 Å².